The predicted octanol–water partition coefficient (Wildman–Crippen LogP) is 1.28. The summed E-state index contributed by atoms with van der Waals surface area (Å²) in [5.74, 6) is 0.237. The van der Waals surface area contributed by atoms with Gasteiger partial charge in [0.25, 0.3) is 0 Å². The minimum atomic E-state index is -0.614. The molecule has 0 amide bonds. The number of fused-ring (bicyclic) bond motifs is 2. The van der Waals surface area contributed by atoms with E-state index < -0.39 is 5.97 Å². The largest absolute Gasteiger partial charge is 0.481 e. The SMILES string of the molecule is O=C(O)[C@@H]1C[C@@H]2C=C[C@H]1C2. The van der Waals surface area contributed by atoms with Crippen molar-refractivity contribution in [1.82, 2.24) is 0 Å². The zero-order valence-electron chi connectivity index (χ0n) is 5.66. The van der Waals surface area contributed by atoms with Gasteiger partial charge in [-0.3, -0.25) is 4.79 Å². The molecule has 0 aromatic heterocycles. The molecule has 2 heteroatoms. The number of hydrogen-bond donors (Lipinski definition) is 1. The van der Waals surface area contributed by atoms with Crippen molar-refractivity contribution in [2.45, 2.75) is 12.8 Å². The average molecular weight is 138 g/mol. The minimum Gasteiger partial charge on any atom is -0.481 e. The summed E-state index contributed by atoms with van der Waals surface area (Å²) in [4.78, 5) is 10.6. The minimum absolute atomic E-state index is 0.0741. The van der Waals surface area contributed by atoms with Crippen molar-refractivity contribution >= 4 is 5.97 Å². The maximum absolute atomic E-state index is 10.6. The Balaban J connectivity index is 2.16. The Hall–Kier alpha value is -0.790. The Morgan fingerprint density at radius 2 is 2.20 bits per heavy atom. The van der Waals surface area contributed by atoms with E-state index in [0.29, 0.717) is 11.8 Å². The second-order valence-corrected chi connectivity index (χ2v) is 3.22. The second kappa shape index (κ2) is 1.84. The highest BCUT2D eigenvalue weighted by atomic mass is 16.4. The van der Waals surface area contributed by atoms with Crippen LogP contribution >= 0.6 is 0 Å². The molecule has 0 aliphatic heterocycles. The molecule has 1 N–H and O–H groups in total. The molecule has 0 aromatic rings. The van der Waals surface area contributed by atoms with Crippen LogP contribution in [0.2, 0.25) is 0 Å². The molecule has 0 aromatic carbocycles. The zero-order valence-corrected chi connectivity index (χ0v) is 5.66. The first-order valence-corrected chi connectivity index (χ1v) is 3.68. The van der Waals surface area contributed by atoms with Crippen LogP contribution in [0.5, 0.6) is 0 Å². The van der Waals surface area contributed by atoms with Gasteiger partial charge < -0.3 is 5.11 Å². The fourth-order valence-corrected chi connectivity index (χ4v) is 2.06. The van der Waals surface area contributed by atoms with Crippen LogP contribution in [0.4, 0.5) is 0 Å². The van der Waals surface area contributed by atoms with Crippen molar-refractivity contribution in [3.63, 3.8) is 0 Å². The summed E-state index contributed by atoms with van der Waals surface area (Å²) in [5, 5.41) is 8.70. The third kappa shape index (κ3) is 0.681. The highest BCUT2D eigenvalue weighted by molar-refractivity contribution is 5.71. The van der Waals surface area contributed by atoms with Gasteiger partial charge in [0, 0.05) is 0 Å². The normalized spacial score (nSPS) is 42.6. The van der Waals surface area contributed by atoms with E-state index >= 15 is 0 Å². The van der Waals surface area contributed by atoms with Gasteiger partial charge in [0.05, 0.1) is 5.92 Å². The van der Waals surface area contributed by atoms with Crippen LogP contribution < -0.4 is 0 Å². The summed E-state index contributed by atoms with van der Waals surface area (Å²) < 4.78 is 0. The maximum atomic E-state index is 10.6. The molecule has 0 radical (unpaired) electrons. The van der Waals surface area contributed by atoms with Gasteiger partial charge in [0.15, 0.2) is 0 Å². The van der Waals surface area contributed by atoms with Crippen LogP contribution in [0.15, 0.2) is 12.2 Å². The molecular weight excluding hydrogens is 128 g/mol. The summed E-state index contributed by atoms with van der Waals surface area (Å²) in [7, 11) is 0. The van der Waals surface area contributed by atoms with Crippen molar-refractivity contribution in [3.8, 4) is 0 Å². The fraction of sp³-hybridized carbons (Fsp3) is 0.625. The van der Waals surface area contributed by atoms with Gasteiger partial charge in [-0.2, -0.15) is 0 Å². The molecule has 2 aliphatic rings. The van der Waals surface area contributed by atoms with Crippen molar-refractivity contribution in [3.05, 3.63) is 12.2 Å². The number of carbonyl (C=O) groups is 1. The molecule has 54 valence electrons. The molecule has 2 aliphatic carbocycles. The summed E-state index contributed by atoms with van der Waals surface area (Å²) in [6, 6.07) is 0. The summed E-state index contributed by atoms with van der Waals surface area (Å²) in [5.41, 5.74) is 0. The zero-order chi connectivity index (χ0) is 7.14. The molecule has 2 rings (SSSR count). The lowest BCUT2D eigenvalue weighted by Gasteiger charge is -2.11. The van der Waals surface area contributed by atoms with Crippen LogP contribution in [0.3, 0.4) is 0 Å². The smallest absolute Gasteiger partial charge is 0.307 e. The first kappa shape index (κ1) is 5.96. The van der Waals surface area contributed by atoms with Crippen molar-refractivity contribution in [2.75, 3.05) is 0 Å². The average Bonchev–Trinajstić information content (AvgIpc) is 2.44. The molecule has 1 fully saturated rings. The van der Waals surface area contributed by atoms with Gasteiger partial charge in [-0.25, -0.2) is 0 Å². The van der Waals surface area contributed by atoms with Gasteiger partial charge in [0.2, 0.25) is 0 Å². The van der Waals surface area contributed by atoms with Crippen LogP contribution in [0, 0.1) is 17.8 Å². The molecule has 0 saturated heterocycles. The van der Waals surface area contributed by atoms with Gasteiger partial charge in [-0.1, -0.05) is 12.2 Å². The van der Waals surface area contributed by atoms with Crippen molar-refractivity contribution < 1.29 is 9.90 Å². The first-order chi connectivity index (χ1) is 4.77. The monoisotopic (exact) mass is 138 g/mol. The lowest BCUT2D eigenvalue weighted by atomic mass is 9.94. The Kier molecular flexibility index (Phi) is 1.10. The van der Waals surface area contributed by atoms with E-state index in [2.05, 4.69) is 12.2 Å². The van der Waals surface area contributed by atoms with Crippen LogP contribution in [0.25, 0.3) is 0 Å². The van der Waals surface area contributed by atoms with Gasteiger partial charge in [0.1, 0.15) is 0 Å². The number of carboxylic acid groups (broad SMARTS) is 1. The quantitative estimate of drug-likeness (QED) is 0.554. The number of hydrogen-bond acceptors (Lipinski definition) is 1. The van der Waals surface area contributed by atoms with E-state index in [1.165, 1.54) is 0 Å². The number of allylic oxidation sites excluding steroid dienone is 2. The fourth-order valence-electron chi connectivity index (χ4n) is 2.06. The van der Waals surface area contributed by atoms with E-state index in [-0.39, 0.29) is 5.92 Å². The lowest BCUT2D eigenvalue weighted by molar-refractivity contribution is -0.142. The molecule has 3 atom stereocenters. The van der Waals surface area contributed by atoms with Crippen molar-refractivity contribution in [2.24, 2.45) is 17.8 Å². The Bertz CT molecular complexity index is 195. The standard InChI is InChI=1S/C8H10O2/c9-8(10)7-4-5-1-2-6(7)3-5/h1-2,5-7H,3-4H2,(H,9,10)/t5-,6+,7-/m1/s1. The molecule has 0 heterocycles. The Labute approximate surface area is 59.5 Å². The third-order valence-electron chi connectivity index (χ3n) is 2.60. The molecule has 2 bridgehead atoms. The topological polar surface area (TPSA) is 37.3 Å². The second-order valence-electron chi connectivity index (χ2n) is 3.22. The first-order valence-electron chi connectivity index (χ1n) is 3.68. The molecule has 2 nitrogen and oxygen atoms in total. The van der Waals surface area contributed by atoms with E-state index in [9.17, 15) is 4.79 Å². The summed E-state index contributed by atoms with van der Waals surface area (Å²) in [6.45, 7) is 0. The molecule has 0 spiro atoms. The van der Waals surface area contributed by atoms with Crippen molar-refractivity contribution in [1.29, 1.82) is 0 Å². The number of carboxylic acids is 1. The highest BCUT2D eigenvalue weighted by Crippen LogP contribution is 2.43. The number of rotatable bonds is 1. The van der Waals surface area contributed by atoms with Gasteiger partial charge >= 0.3 is 5.97 Å². The van der Waals surface area contributed by atoms with E-state index in [4.69, 9.17) is 5.11 Å². The van der Waals surface area contributed by atoms with E-state index in [1.807, 2.05) is 0 Å². The predicted molar refractivity (Wildman–Crippen MR) is 36.5 cm³/mol. The van der Waals surface area contributed by atoms with E-state index in [1.54, 1.807) is 0 Å². The molecule has 10 heavy (non-hydrogen) atoms. The molecule has 0 unspecified atom stereocenters. The highest BCUT2D eigenvalue weighted by Gasteiger charge is 2.39. The Morgan fingerprint density at radius 3 is 2.50 bits per heavy atom. The molecule has 1 saturated carbocycles. The lowest BCUT2D eigenvalue weighted by Crippen LogP contribution is -2.17. The third-order valence-corrected chi connectivity index (χ3v) is 2.60. The van der Waals surface area contributed by atoms with E-state index in [0.717, 1.165) is 12.8 Å². The summed E-state index contributed by atoms with van der Waals surface area (Å²) in [6.07, 6.45) is 6.17. The molecular formula is C8H10O2. The van der Waals surface area contributed by atoms with Gasteiger partial charge in [-0.05, 0) is 24.7 Å². The van der Waals surface area contributed by atoms with Crippen LogP contribution in [-0.4, -0.2) is 11.1 Å². The van der Waals surface area contributed by atoms with Crippen LogP contribution in [-0.2, 0) is 4.79 Å². The van der Waals surface area contributed by atoms with Gasteiger partial charge in [-0.15, -0.1) is 0 Å². The maximum Gasteiger partial charge on any atom is 0.307 e. The Morgan fingerprint density at radius 1 is 1.40 bits per heavy atom. The number of aliphatic carboxylic acids is 1. The summed E-state index contributed by atoms with van der Waals surface area (Å²) >= 11 is 0. The van der Waals surface area contributed by atoms with Crippen LogP contribution in [0.1, 0.15) is 12.8 Å².